The van der Waals surface area contributed by atoms with Gasteiger partial charge in [0, 0.05) is 18.2 Å². The van der Waals surface area contributed by atoms with E-state index in [1.54, 1.807) is 32.4 Å². The minimum Gasteiger partial charge on any atom is -0.496 e. The zero-order valence-electron chi connectivity index (χ0n) is 15.6. The molecule has 0 bridgehead atoms. The van der Waals surface area contributed by atoms with Gasteiger partial charge in [0.05, 0.1) is 20.8 Å². The molecule has 1 N–H and O–H groups in total. The van der Waals surface area contributed by atoms with E-state index in [4.69, 9.17) is 18.9 Å². The molecule has 2 rings (SSSR count). The Bertz CT molecular complexity index is 723. The van der Waals surface area contributed by atoms with Crippen LogP contribution in [0, 0.1) is 13.8 Å². The summed E-state index contributed by atoms with van der Waals surface area (Å²) in [6, 6.07) is 11.0. The van der Waals surface area contributed by atoms with Gasteiger partial charge in [0.1, 0.15) is 29.6 Å². The molecule has 26 heavy (non-hydrogen) atoms. The predicted octanol–water partition coefficient (Wildman–Crippen LogP) is 2.89. The van der Waals surface area contributed by atoms with E-state index in [0.29, 0.717) is 30.4 Å². The van der Waals surface area contributed by atoms with Crippen molar-refractivity contribution < 1.29 is 23.7 Å². The molecule has 1 amide bonds. The minimum atomic E-state index is -0.226. The molecule has 0 aliphatic heterocycles. The van der Waals surface area contributed by atoms with Crippen LogP contribution in [0.3, 0.4) is 0 Å². The second-order valence-corrected chi connectivity index (χ2v) is 5.78. The van der Waals surface area contributed by atoms with Gasteiger partial charge in [0.2, 0.25) is 0 Å². The molecule has 6 heteroatoms. The van der Waals surface area contributed by atoms with Crippen molar-refractivity contribution in [1.82, 2.24) is 5.32 Å². The summed E-state index contributed by atoms with van der Waals surface area (Å²) in [5, 5.41) is 2.75. The Kier molecular flexibility index (Phi) is 7.14. The highest BCUT2D eigenvalue weighted by atomic mass is 16.5. The number of nitrogens with one attached hydrogen (secondary N) is 1. The van der Waals surface area contributed by atoms with E-state index in [1.807, 2.05) is 25.1 Å². The highest BCUT2D eigenvalue weighted by Crippen LogP contribution is 2.27. The Balaban J connectivity index is 1.73. The first kappa shape index (κ1) is 19.4. The van der Waals surface area contributed by atoms with Gasteiger partial charge < -0.3 is 24.3 Å². The molecule has 0 unspecified atom stereocenters. The van der Waals surface area contributed by atoms with Gasteiger partial charge >= 0.3 is 0 Å². The van der Waals surface area contributed by atoms with Crippen molar-refractivity contribution in [1.29, 1.82) is 0 Å². The van der Waals surface area contributed by atoms with Crippen molar-refractivity contribution in [2.45, 2.75) is 13.8 Å². The molecule has 140 valence electrons. The summed E-state index contributed by atoms with van der Waals surface area (Å²) >= 11 is 0. The summed E-state index contributed by atoms with van der Waals surface area (Å²) in [5.41, 5.74) is 2.39. The molecule has 6 nitrogen and oxygen atoms in total. The zero-order chi connectivity index (χ0) is 18.9. The average molecular weight is 359 g/mol. The standard InChI is InChI=1S/C20H25NO5/c1-14-5-6-16(9-15(14)2)25-8-7-21-20(22)13-26-19-11-17(23-3)10-18(12-19)24-4/h5-6,9-12H,7-8,13H2,1-4H3,(H,21,22). The number of hydrogen-bond acceptors (Lipinski definition) is 5. The molecular formula is C20H25NO5. The molecule has 2 aromatic carbocycles. The number of hydrogen-bond donors (Lipinski definition) is 1. The van der Waals surface area contributed by atoms with Gasteiger partial charge in [-0.05, 0) is 37.1 Å². The second-order valence-electron chi connectivity index (χ2n) is 5.78. The van der Waals surface area contributed by atoms with Gasteiger partial charge in [0.25, 0.3) is 5.91 Å². The monoisotopic (exact) mass is 359 g/mol. The fourth-order valence-corrected chi connectivity index (χ4v) is 2.23. The van der Waals surface area contributed by atoms with E-state index in [2.05, 4.69) is 12.2 Å². The third kappa shape index (κ3) is 5.88. The highest BCUT2D eigenvalue weighted by Gasteiger charge is 2.06. The molecule has 0 aliphatic carbocycles. The van der Waals surface area contributed by atoms with E-state index < -0.39 is 0 Å². The van der Waals surface area contributed by atoms with Crippen molar-refractivity contribution in [3.63, 3.8) is 0 Å². The maximum atomic E-state index is 11.9. The van der Waals surface area contributed by atoms with Gasteiger partial charge in [-0.15, -0.1) is 0 Å². The quantitative estimate of drug-likeness (QED) is 0.698. The molecule has 0 spiro atoms. The van der Waals surface area contributed by atoms with Crippen LogP contribution in [0.2, 0.25) is 0 Å². The first-order valence-corrected chi connectivity index (χ1v) is 8.34. The second kappa shape index (κ2) is 9.56. The Morgan fingerprint density at radius 1 is 0.846 bits per heavy atom. The number of methoxy groups -OCH3 is 2. The number of aryl methyl sites for hydroxylation is 2. The van der Waals surface area contributed by atoms with Crippen molar-refractivity contribution in [3.05, 3.63) is 47.5 Å². The summed E-state index contributed by atoms with van der Waals surface area (Å²) in [6.07, 6.45) is 0. The summed E-state index contributed by atoms with van der Waals surface area (Å²) < 4.78 is 21.4. The van der Waals surface area contributed by atoms with Crippen LogP contribution in [0.25, 0.3) is 0 Å². The molecule has 0 atom stereocenters. The number of rotatable bonds is 9. The lowest BCUT2D eigenvalue weighted by molar-refractivity contribution is -0.123. The van der Waals surface area contributed by atoms with Crippen molar-refractivity contribution in [3.8, 4) is 23.0 Å². The molecule has 0 aliphatic rings. The Morgan fingerprint density at radius 3 is 2.12 bits per heavy atom. The summed E-state index contributed by atoms with van der Waals surface area (Å²) in [6.45, 7) is 4.78. The lowest BCUT2D eigenvalue weighted by Crippen LogP contribution is -2.32. The van der Waals surface area contributed by atoms with Crippen LogP contribution in [-0.2, 0) is 4.79 Å². The number of amides is 1. The third-order valence-corrected chi connectivity index (χ3v) is 3.87. The summed E-state index contributed by atoms with van der Waals surface area (Å²) in [4.78, 5) is 11.9. The molecule has 0 heterocycles. The molecular weight excluding hydrogens is 334 g/mol. The molecule has 0 radical (unpaired) electrons. The Morgan fingerprint density at radius 2 is 1.50 bits per heavy atom. The first-order chi connectivity index (χ1) is 12.5. The topological polar surface area (TPSA) is 66.0 Å². The van der Waals surface area contributed by atoms with E-state index >= 15 is 0 Å². The third-order valence-electron chi connectivity index (χ3n) is 3.87. The fraction of sp³-hybridized carbons (Fsp3) is 0.350. The number of carbonyl (C=O) groups excluding carboxylic acids is 1. The largest absolute Gasteiger partial charge is 0.496 e. The summed E-state index contributed by atoms with van der Waals surface area (Å²) in [7, 11) is 3.11. The van der Waals surface area contributed by atoms with Gasteiger partial charge in [-0.3, -0.25) is 4.79 Å². The van der Waals surface area contributed by atoms with Crippen LogP contribution < -0.4 is 24.3 Å². The number of carbonyl (C=O) groups is 1. The SMILES string of the molecule is COc1cc(OC)cc(OCC(=O)NCCOc2ccc(C)c(C)c2)c1. The minimum absolute atomic E-state index is 0.0973. The van der Waals surface area contributed by atoms with Gasteiger partial charge in [0.15, 0.2) is 6.61 Å². The number of benzene rings is 2. The van der Waals surface area contributed by atoms with E-state index in [0.717, 1.165) is 5.75 Å². The van der Waals surface area contributed by atoms with E-state index in [1.165, 1.54) is 11.1 Å². The molecule has 0 aromatic heterocycles. The Hall–Kier alpha value is -2.89. The van der Waals surface area contributed by atoms with Crippen molar-refractivity contribution in [2.75, 3.05) is 34.0 Å². The van der Waals surface area contributed by atoms with Gasteiger partial charge in [-0.2, -0.15) is 0 Å². The number of ether oxygens (including phenoxy) is 4. The average Bonchev–Trinajstić information content (AvgIpc) is 2.65. The fourth-order valence-electron chi connectivity index (χ4n) is 2.23. The van der Waals surface area contributed by atoms with Crippen molar-refractivity contribution >= 4 is 5.91 Å². The smallest absolute Gasteiger partial charge is 0.258 e. The molecule has 0 fully saturated rings. The van der Waals surface area contributed by atoms with Crippen LogP contribution in [0.1, 0.15) is 11.1 Å². The highest BCUT2D eigenvalue weighted by molar-refractivity contribution is 5.77. The molecule has 2 aromatic rings. The van der Waals surface area contributed by atoms with Crippen LogP contribution >= 0.6 is 0 Å². The van der Waals surface area contributed by atoms with Crippen molar-refractivity contribution in [2.24, 2.45) is 0 Å². The molecule has 0 saturated heterocycles. The zero-order valence-corrected chi connectivity index (χ0v) is 15.6. The first-order valence-electron chi connectivity index (χ1n) is 8.34. The lowest BCUT2D eigenvalue weighted by Gasteiger charge is -2.11. The van der Waals surface area contributed by atoms with Crippen LogP contribution in [-0.4, -0.2) is 39.9 Å². The van der Waals surface area contributed by atoms with Crippen LogP contribution in [0.4, 0.5) is 0 Å². The summed E-state index contributed by atoms with van der Waals surface area (Å²) in [5.74, 6) is 2.27. The van der Waals surface area contributed by atoms with Gasteiger partial charge in [-0.25, -0.2) is 0 Å². The molecule has 0 saturated carbocycles. The van der Waals surface area contributed by atoms with Crippen LogP contribution in [0.5, 0.6) is 23.0 Å². The van der Waals surface area contributed by atoms with Gasteiger partial charge in [-0.1, -0.05) is 6.07 Å². The van der Waals surface area contributed by atoms with E-state index in [9.17, 15) is 4.79 Å². The maximum Gasteiger partial charge on any atom is 0.258 e. The van der Waals surface area contributed by atoms with Crippen LogP contribution in [0.15, 0.2) is 36.4 Å². The Labute approximate surface area is 154 Å². The maximum absolute atomic E-state index is 11.9. The van der Waals surface area contributed by atoms with E-state index in [-0.39, 0.29) is 12.5 Å². The normalized spacial score (nSPS) is 10.2. The lowest BCUT2D eigenvalue weighted by atomic mass is 10.1. The predicted molar refractivity (Wildman–Crippen MR) is 99.5 cm³/mol.